The van der Waals surface area contributed by atoms with Crippen molar-refractivity contribution in [2.24, 2.45) is 5.92 Å². The van der Waals surface area contributed by atoms with E-state index in [1.165, 1.54) is 6.92 Å². The van der Waals surface area contributed by atoms with Gasteiger partial charge >= 0.3 is 0 Å². The molecule has 1 aromatic rings. The highest BCUT2D eigenvalue weighted by atomic mass is 16.5. The van der Waals surface area contributed by atoms with Gasteiger partial charge in [0, 0.05) is 25.6 Å². The van der Waals surface area contributed by atoms with E-state index < -0.39 is 0 Å². The van der Waals surface area contributed by atoms with Crippen LogP contribution < -0.4 is 10.1 Å². The van der Waals surface area contributed by atoms with E-state index in [1.807, 2.05) is 23.1 Å². The number of ether oxygens (including phenoxy) is 1. The van der Waals surface area contributed by atoms with Gasteiger partial charge in [-0.15, -0.1) is 0 Å². The summed E-state index contributed by atoms with van der Waals surface area (Å²) >= 11 is 0. The summed E-state index contributed by atoms with van der Waals surface area (Å²) < 4.78 is 5.62. The van der Waals surface area contributed by atoms with Crippen LogP contribution >= 0.6 is 0 Å². The SMILES string of the molecule is CCC[C@@H]1CN(C(=O)c2ccc3c(c2)CCCO3)C[C@H]1NC(C)=O. The molecule has 130 valence electrons. The number of benzene rings is 1. The maximum Gasteiger partial charge on any atom is 0.253 e. The van der Waals surface area contributed by atoms with Crippen LogP contribution in [-0.2, 0) is 11.2 Å². The molecule has 2 amide bonds. The van der Waals surface area contributed by atoms with Crippen molar-refractivity contribution in [2.75, 3.05) is 19.7 Å². The Morgan fingerprint density at radius 3 is 2.92 bits per heavy atom. The van der Waals surface area contributed by atoms with E-state index in [9.17, 15) is 9.59 Å². The number of carbonyl (C=O) groups is 2. The first kappa shape index (κ1) is 16.8. The number of nitrogens with zero attached hydrogens (tertiary/aromatic N) is 1. The minimum absolute atomic E-state index is 0.0265. The van der Waals surface area contributed by atoms with Gasteiger partial charge in [0.15, 0.2) is 0 Å². The fourth-order valence-electron chi connectivity index (χ4n) is 3.80. The number of rotatable bonds is 4. The van der Waals surface area contributed by atoms with E-state index in [-0.39, 0.29) is 17.9 Å². The summed E-state index contributed by atoms with van der Waals surface area (Å²) in [6.07, 6.45) is 4.03. The second kappa shape index (κ2) is 7.24. The average molecular weight is 330 g/mol. The first-order valence-electron chi connectivity index (χ1n) is 8.90. The van der Waals surface area contributed by atoms with E-state index in [0.717, 1.165) is 49.2 Å². The molecule has 3 rings (SSSR count). The van der Waals surface area contributed by atoms with Crippen LogP contribution in [0.4, 0.5) is 0 Å². The van der Waals surface area contributed by atoms with E-state index in [2.05, 4.69) is 12.2 Å². The summed E-state index contributed by atoms with van der Waals surface area (Å²) in [5.74, 6) is 1.27. The molecule has 0 bridgehead atoms. The van der Waals surface area contributed by atoms with Crippen LogP contribution in [0.2, 0.25) is 0 Å². The molecule has 2 aliphatic rings. The molecular formula is C19H26N2O3. The van der Waals surface area contributed by atoms with Crippen LogP contribution in [0.5, 0.6) is 5.75 Å². The van der Waals surface area contributed by atoms with Crippen molar-refractivity contribution in [3.05, 3.63) is 29.3 Å². The smallest absolute Gasteiger partial charge is 0.253 e. The molecule has 5 nitrogen and oxygen atoms in total. The lowest BCUT2D eigenvalue weighted by Gasteiger charge is -2.20. The Labute approximate surface area is 143 Å². The minimum atomic E-state index is -0.0265. The molecule has 0 radical (unpaired) electrons. The zero-order valence-electron chi connectivity index (χ0n) is 14.5. The molecule has 0 spiro atoms. The quantitative estimate of drug-likeness (QED) is 0.922. The lowest BCUT2D eigenvalue weighted by Crippen LogP contribution is -2.39. The van der Waals surface area contributed by atoms with Crippen LogP contribution in [0.1, 0.15) is 49.0 Å². The van der Waals surface area contributed by atoms with E-state index in [1.54, 1.807) is 0 Å². The predicted octanol–water partition coefficient (Wildman–Crippen LogP) is 2.39. The Bertz CT molecular complexity index is 629. The summed E-state index contributed by atoms with van der Waals surface area (Å²) in [4.78, 5) is 26.2. The Kier molecular flexibility index (Phi) is 5.07. The fraction of sp³-hybridized carbons (Fsp3) is 0.579. The van der Waals surface area contributed by atoms with Crippen molar-refractivity contribution < 1.29 is 14.3 Å². The molecule has 0 aliphatic carbocycles. The summed E-state index contributed by atoms with van der Waals surface area (Å²) in [7, 11) is 0. The minimum Gasteiger partial charge on any atom is -0.493 e. The third-order valence-electron chi connectivity index (χ3n) is 4.93. The number of nitrogens with one attached hydrogen (secondary N) is 1. The second-order valence-electron chi connectivity index (χ2n) is 6.84. The molecular weight excluding hydrogens is 304 g/mol. The lowest BCUT2D eigenvalue weighted by molar-refractivity contribution is -0.119. The Morgan fingerprint density at radius 2 is 2.17 bits per heavy atom. The molecule has 0 aromatic heterocycles. The number of amides is 2. The van der Waals surface area contributed by atoms with Gasteiger partial charge in [0.2, 0.25) is 5.91 Å². The third kappa shape index (κ3) is 3.55. The van der Waals surface area contributed by atoms with Crippen LogP contribution in [0, 0.1) is 5.92 Å². The average Bonchev–Trinajstić information content (AvgIpc) is 2.96. The van der Waals surface area contributed by atoms with Gasteiger partial charge in [-0.3, -0.25) is 9.59 Å². The molecule has 2 heterocycles. The molecule has 2 aliphatic heterocycles. The van der Waals surface area contributed by atoms with E-state index in [4.69, 9.17) is 4.74 Å². The number of likely N-dealkylation sites (tertiary alicyclic amines) is 1. The maximum atomic E-state index is 12.9. The van der Waals surface area contributed by atoms with Crippen molar-refractivity contribution in [3.63, 3.8) is 0 Å². The molecule has 1 N–H and O–H groups in total. The number of carbonyl (C=O) groups excluding carboxylic acids is 2. The van der Waals surface area contributed by atoms with E-state index in [0.29, 0.717) is 19.0 Å². The van der Waals surface area contributed by atoms with Gasteiger partial charge in [0.05, 0.1) is 12.6 Å². The summed E-state index contributed by atoms with van der Waals surface area (Å²) in [5.41, 5.74) is 1.84. The van der Waals surface area contributed by atoms with Crippen LogP contribution in [-0.4, -0.2) is 42.5 Å². The third-order valence-corrected chi connectivity index (χ3v) is 4.93. The molecule has 1 fully saturated rings. The van der Waals surface area contributed by atoms with Crippen molar-refractivity contribution in [1.82, 2.24) is 10.2 Å². The van der Waals surface area contributed by atoms with Gasteiger partial charge in [-0.25, -0.2) is 0 Å². The largest absolute Gasteiger partial charge is 0.493 e. The number of aryl methyl sites for hydroxylation is 1. The number of fused-ring (bicyclic) bond motifs is 1. The van der Waals surface area contributed by atoms with Gasteiger partial charge in [0.1, 0.15) is 5.75 Å². The zero-order valence-corrected chi connectivity index (χ0v) is 14.5. The van der Waals surface area contributed by atoms with Gasteiger partial charge in [-0.05, 0) is 48.9 Å². The van der Waals surface area contributed by atoms with Gasteiger partial charge in [0.25, 0.3) is 5.91 Å². The number of hydrogen-bond donors (Lipinski definition) is 1. The number of hydrogen-bond acceptors (Lipinski definition) is 3. The monoisotopic (exact) mass is 330 g/mol. The molecule has 5 heteroatoms. The zero-order chi connectivity index (χ0) is 17.1. The van der Waals surface area contributed by atoms with Crippen molar-refractivity contribution in [3.8, 4) is 5.75 Å². The highest BCUT2D eigenvalue weighted by Gasteiger charge is 2.35. The summed E-state index contributed by atoms with van der Waals surface area (Å²) in [6, 6.07) is 5.80. The van der Waals surface area contributed by atoms with Gasteiger partial charge in [-0.2, -0.15) is 0 Å². The first-order valence-corrected chi connectivity index (χ1v) is 8.90. The van der Waals surface area contributed by atoms with Crippen molar-refractivity contribution in [2.45, 2.75) is 45.6 Å². The first-order chi connectivity index (χ1) is 11.6. The van der Waals surface area contributed by atoms with E-state index >= 15 is 0 Å². The van der Waals surface area contributed by atoms with Crippen molar-refractivity contribution in [1.29, 1.82) is 0 Å². The van der Waals surface area contributed by atoms with Crippen LogP contribution in [0.3, 0.4) is 0 Å². The summed E-state index contributed by atoms with van der Waals surface area (Å²) in [5, 5.41) is 3.01. The normalized spacial score (nSPS) is 22.7. The summed E-state index contributed by atoms with van der Waals surface area (Å²) in [6.45, 7) is 5.74. The Balaban J connectivity index is 1.73. The highest BCUT2D eigenvalue weighted by molar-refractivity contribution is 5.95. The van der Waals surface area contributed by atoms with Gasteiger partial charge in [-0.1, -0.05) is 13.3 Å². The fourth-order valence-corrected chi connectivity index (χ4v) is 3.80. The highest BCUT2D eigenvalue weighted by Crippen LogP contribution is 2.28. The maximum absolute atomic E-state index is 12.9. The van der Waals surface area contributed by atoms with Gasteiger partial charge < -0.3 is 15.0 Å². The molecule has 0 saturated carbocycles. The lowest BCUT2D eigenvalue weighted by atomic mass is 9.98. The topological polar surface area (TPSA) is 58.6 Å². The second-order valence-corrected chi connectivity index (χ2v) is 6.84. The van der Waals surface area contributed by atoms with Crippen LogP contribution in [0.25, 0.3) is 0 Å². The molecule has 1 saturated heterocycles. The molecule has 2 atom stereocenters. The predicted molar refractivity (Wildman–Crippen MR) is 92.2 cm³/mol. The Hall–Kier alpha value is -2.04. The molecule has 1 aromatic carbocycles. The molecule has 0 unspecified atom stereocenters. The van der Waals surface area contributed by atoms with Crippen molar-refractivity contribution >= 4 is 11.8 Å². The Morgan fingerprint density at radius 1 is 1.33 bits per heavy atom. The molecule has 24 heavy (non-hydrogen) atoms. The standard InChI is InChI=1S/C19H26N2O3/c1-3-5-16-11-21(12-17(16)20-13(2)22)19(23)15-7-8-18-14(10-15)6-4-9-24-18/h7-8,10,16-17H,3-6,9,11-12H2,1-2H3,(H,20,22)/t16-,17-/m1/s1. The van der Waals surface area contributed by atoms with Crippen LogP contribution in [0.15, 0.2) is 18.2 Å².